The van der Waals surface area contributed by atoms with Crippen LogP contribution in [0.25, 0.3) is 0 Å². The second-order valence-electron chi connectivity index (χ2n) is 10.4. The van der Waals surface area contributed by atoms with E-state index in [0.717, 1.165) is 51.8 Å². The van der Waals surface area contributed by atoms with Crippen molar-refractivity contribution in [1.29, 1.82) is 0 Å². The highest BCUT2D eigenvalue weighted by molar-refractivity contribution is 8.00. The van der Waals surface area contributed by atoms with Gasteiger partial charge in [-0.2, -0.15) is 13.2 Å². The number of alkyl halides is 3. The summed E-state index contributed by atoms with van der Waals surface area (Å²) in [4.78, 5) is 55.1. The van der Waals surface area contributed by atoms with Gasteiger partial charge in [0.1, 0.15) is 17.5 Å². The summed E-state index contributed by atoms with van der Waals surface area (Å²) in [5.74, 6) is -3.31. The van der Waals surface area contributed by atoms with Gasteiger partial charge in [0.15, 0.2) is 0 Å². The molecule has 44 heavy (non-hydrogen) atoms. The fourth-order valence-electron chi connectivity index (χ4n) is 5.66. The lowest BCUT2D eigenvalue weighted by atomic mass is 9.82. The molecule has 3 amide bonds. The summed E-state index contributed by atoms with van der Waals surface area (Å²) < 4.78 is 47.4. The Morgan fingerprint density at radius 1 is 0.977 bits per heavy atom. The molecule has 226 valence electrons. The van der Waals surface area contributed by atoms with Gasteiger partial charge < -0.3 is 10.1 Å². The minimum Gasteiger partial charge on any atom is -0.496 e. The molecule has 8 nitrogen and oxygen atoms in total. The highest BCUT2D eigenvalue weighted by atomic mass is 32.2. The highest BCUT2D eigenvalue weighted by Gasteiger charge is 2.57. The van der Waals surface area contributed by atoms with Crippen molar-refractivity contribution in [3.8, 4) is 5.75 Å². The Hall–Kier alpha value is -4.36. The number of carbonyl (C=O) groups excluding carboxylic acids is 3. The van der Waals surface area contributed by atoms with E-state index in [2.05, 4.69) is 5.32 Å². The molecule has 0 aliphatic carbocycles. The SMILES string of the molecule is COc1ccccc1[C@@H]1c2sc(=O)n(CC(=O)Nc3cccc(C)c3)c2S[C@H]2C(=O)N(c3cccc(C(F)(F)F)c3)C(=O)[C@@H]12. The molecule has 0 radical (unpaired) electrons. The molecule has 0 unspecified atom stereocenters. The molecule has 1 fully saturated rings. The van der Waals surface area contributed by atoms with E-state index in [4.69, 9.17) is 4.74 Å². The molecule has 1 aromatic heterocycles. The maximum Gasteiger partial charge on any atom is 0.416 e. The van der Waals surface area contributed by atoms with Crippen molar-refractivity contribution in [2.75, 3.05) is 17.3 Å². The monoisotopic (exact) mass is 639 g/mol. The summed E-state index contributed by atoms with van der Waals surface area (Å²) in [6.45, 7) is 1.53. The summed E-state index contributed by atoms with van der Waals surface area (Å²) in [7, 11) is 1.45. The van der Waals surface area contributed by atoms with Crippen LogP contribution in [0.3, 0.4) is 0 Å². The van der Waals surface area contributed by atoms with E-state index in [1.54, 1.807) is 42.5 Å². The minimum absolute atomic E-state index is 0.193. The average molecular weight is 640 g/mol. The van der Waals surface area contributed by atoms with Gasteiger partial charge >= 0.3 is 11.0 Å². The second kappa shape index (κ2) is 11.3. The zero-order valence-corrected chi connectivity index (χ0v) is 24.9. The Bertz CT molecular complexity index is 1870. The van der Waals surface area contributed by atoms with Crippen LogP contribution in [0.2, 0.25) is 0 Å². The average Bonchev–Trinajstić information content (AvgIpc) is 3.42. The van der Waals surface area contributed by atoms with Crippen LogP contribution in [0, 0.1) is 12.8 Å². The number of fused-ring (bicyclic) bond motifs is 2. The normalized spacial score (nSPS) is 19.5. The first-order chi connectivity index (χ1) is 21.0. The number of carbonyl (C=O) groups is 3. The molecular formula is C31H24F3N3O5S2. The number of hydrogen-bond donors (Lipinski definition) is 1. The maximum atomic E-state index is 14.0. The van der Waals surface area contributed by atoms with Crippen LogP contribution in [-0.4, -0.2) is 34.6 Å². The molecule has 0 spiro atoms. The van der Waals surface area contributed by atoms with Gasteiger partial charge in [0, 0.05) is 22.0 Å². The Kier molecular flexibility index (Phi) is 7.62. The predicted octanol–water partition coefficient (Wildman–Crippen LogP) is 5.68. The van der Waals surface area contributed by atoms with Crippen LogP contribution in [0.5, 0.6) is 5.75 Å². The standard InChI is InChI=1S/C31H24F3N3O5S2/c1-16-7-5-9-18(13-16)35-22(38)15-36-29-26(44-30(36)41)23(20-11-3-4-12-21(20)42-2)24-25(43-29)28(40)37(27(24)39)19-10-6-8-17(14-19)31(32,33)34/h3-14,23-25H,15H2,1-2H3,(H,35,38)/t23-,24-,25+/m0/s1. The van der Waals surface area contributed by atoms with Gasteiger partial charge in [0.2, 0.25) is 17.7 Å². The quantitative estimate of drug-likeness (QED) is 0.273. The van der Waals surface area contributed by atoms with E-state index in [1.165, 1.54) is 17.7 Å². The van der Waals surface area contributed by atoms with Gasteiger partial charge in [-0.25, -0.2) is 4.90 Å². The Balaban J connectivity index is 1.44. The third-order valence-electron chi connectivity index (χ3n) is 7.56. The number of hydrogen-bond acceptors (Lipinski definition) is 7. The zero-order valence-electron chi connectivity index (χ0n) is 23.3. The number of methoxy groups -OCH3 is 1. The molecule has 2 aliphatic rings. The van der Waals surface area contributed by atoms with Crippen molar-refractivity contribution in [3.05, 3.63) is 104 Å². The van der Waals surface area contributed by atoms with Gasteiger partial charge in [0.25, 0.3) is 0 Å². The summed E-state index contributed by atoms with van der Waals surface area (Å²) in [6.07, 6.45) is -4.68. The number of ether oxygens (including phenoxy) is 1. The van der Waals surface area contributed by atoms with E-state index < -0.39 is 51.4 Å². The van der Waals surface area contributed by atoms with Crippen LogP contribution >= 0.6 is 23.1 Å². The van der Waals surface area contributed by atoms with Crippen molar-refractivity contribution in [3.63, 3.8) is 0 Å². The number of halogens is 3. The molecule has 2 aliphatic heterocycles. The van der Waals surface area contributed by atoms with Crippen molar-refractivity contribution < 1.29 is 32.3 Å². The number of rotatable bonds is 6. The summed E-state index contributed by atoms with van der Waals surface area (Å²) >= 11 is 1.84. The van der Waals surface area contributed by atoms with Crippen LogP contribution in [0.15, 0.2) is 82.6 Å². The summed E-state index contributed by atoms with van der Waals surface area (Å²) in [5, 5.41) is 2.06. The summed E-state index contributed by atoms with van der Waals surface area (Å²) in [5.41, 5.74) is 0.842. The van der Waals surface area contributed by atoms with Crippen molar-refractivity contribution in [1.82, 2.24) is 4.57 Å². The fourth-order valence-corrected chi connectivity index (χ4v) is 8.42. The number of thioether (sulfide) groups is 1. The molecule has 3 heterocycles. The molecule has 0 saturated carbocycles. The zero-order chi connectivity index (χ0) is 31.3. The van der Waals surface area contributed by atoms with Crippen LogP contribution in [-0.2, 0) is 27.1 Å². The van der Waals surface area contributed by atoms with Gasteiger partial charge in [-0.15, -0.1) is 0 Å². The van der Waals surface area contributed by atoms with Gasteiger partial charge in [-0.3, -0.25) is 23.7 Å². The Morgan fingerprint density at radius 2 is 1.73 bits per heavy atom. The van der Waals surface area contributed by atoms with Crippen molar-refractivity contribution in [2.24, 2.45) is 5.92 Å². The minimum atomic E-state index is -4.68. The number of anilines is 2. The fraction of sp³-hybridized carbons (Fsp3) is 0.226. The maximum absolute atomic E-state index is 14.0. The number of nitrogens with one attached hydrogen (secondary N) is 1. The smallest absolute Gasteiger partial charge is 0.416 e. The largest absolute Gasteiger partial charge is 0.496 e. The van der Waals surface area contributed by atoms with E-state index in [0.29, 0.717) is 26.9 Å². The lowest BCUT2D eigenvalue weighted by Crippen LogP contribution is -2.33. The highest BCUT2D eigenvalue weighted by Crippen LogP contribution is 2.55. The number of imide groups is 1. The second-order valence-corrected chi connectivity index (χ2v) is 12.5. The molecule has 1 saturated heterocycles. The van der Waals surface area contributed by atoms with E-state index in [1.807, 2.05) is 13.0 Å². The van der Waals surface area contributed by atoms with Crippen LogP contribution < -0.4 is 19.8 Å². The molecule has 3 atom stereocenters. The van der Waals surface area contributed by atoms with E-state index in [-0.39, 0.29) is 12.2 Å². The van der Waals surface area contributed by atoms with Crippen LogP contribution in [0.1, 0.15) is 27.5 Å². The number of aromatic nitrogens is 1. The number of para-hydroxylation sites is 1. The molecule has 1 N–H and O–H groups in total. The third-order valence-corrected chi connectivity index (χ3v) is 10.2. The van der Waals surface area contributed by atoms with E-state index >= 15 is 0 Å². The van der Waals surface area contributed by atoms with E-state index in [9.17, 15) is 32.3 Å². The first-order valence-electron chi connectivity index (χ1n) is 13.4. The molecule has 6 rings (SSSR count). The Labute approximate surface area is 257 Å². The molecule has 4 aromatic rings. The number of thiazole rings is 1. The first kappa shape index (κ1) is 29.7. The van der Waals surface area contributed by atoms with Crippen molar-refractivity contribution in [2.45, 2.75) is 35.8 Å². The number of amides is 3. The number of nitrogens with zero attached hydrogens (tertiary/aromatic N) is 2. The van der Waals surface area contributed by atoms with Crippen LogP contribution in [0.4, 0.5) is 24.5 Å². The molecule has 3 aromatic carbocycles. The summed E-state index contributed by atoms with van der Waals surface area (Å²) in [6, 6.07) is 18.1. The molecule has 0 bridgehead atoms. The lowest BCUT2D eigenvalue weighted by Gasteiger charge is -2.31. The first-order valence-corrected chi connectivity index (χ1v) is 15.1. The number of aryl methyl sites for hydroxylation is 1. The van der Waals surface area contributed by atoms with Gasteiger partial charge in [-0.05, 0) is 48.9 Å². The van der Waals surface area contributed by atoms with Crippen molar-refractivity contribution >= 4 is 52.2 Å². The van der Waals surface area contributed by atoms with Gasteiger partial charge in [-0.1, -0.05) is 59.5 Å². The lowest BCUT2D eigenvalue weighted by molar-refractivity contribution is -0.137. The van der Waals surface area contributed by atoms with Gasteiger partial charge in [0.05, 0.1) is 29.3 Å². The topological polar surface area (TPSA) is 97.7 Å². The molecule has 13 heteroatoms. The molecular weight excluding hydrogens is 615 g/mol. The third kappa shape index (κ3) is 5.19. The Morgan fingerprint density at radius 3 is 2.45 bits per heavy atom. The number of benzene rings is 3. The predicted molar refractivity (Wildman–Crippen MR) is 160 cm³/mol.